The van der Waals surface area contributed by atoms with E-state index in [1.165, 1.54) is 25.8 Å². The van der Waals surface area contributed by atoms with Gasteiger partial charge in [0.2, 0.25) is 10.0 Å². The van der Waals surface area contributed by atoms with Gasteiger partial charge in [-0.1, -0.05) is 43.9 Å². The fourth-order valence-corrected chi connectivity index (χ4v) is 11.6. The number of benzene rings is 1. The zero-order valence-corrected chi connectivity index (χ0v) is 31.9. The van der Waals surface area contributed by atoms with Crippen molar-refractivity contribution in [3.63, 3.8) is 0 Å². The molecule has 0 unspecified atom stereocenters. The highest BCUT2D eigenvalue weighted by Gasteiger charge is 2.34. The van der Waals surface area contributed by atoms with E-state index >= 15 is 0 Å². The summed E-state index contributed by atoms with van der Waals surface area (Å²) in [5, 5.41) is -0.0302. The molecule has 0 saturated heterocycles. The molecule has 0 spiro atoms. The molecule has 2 amide bonds. The van der Waals surface area contributed by atoms with Crippen molar-refractivity contribution in [1.29, 1.82) is 0 Å². The van der Waals surface area contributed by atoms with Gasteiger partial charge in [0.25, 0.3) is 21.8 Å². The summed E-state index contributed by atoms with van der Waals surface area (Å²) < 4.78 is 56.7. The SMILES string of the molecule is C=CCN(CCCN1C(=O)c2ccccc2C1=O)CCCN(CCCCN(CCCN)S(=O)(=O)CC[Si](C)(C)C)S(=O)(=O)c1ccccn1. The summed E-state index contributed by atoms with van der Waals surface area (Å²) in [5.74, 6) is -0.441. The Morgan fingerprint density at radius 1 is 0.796 bits per heavy atom. The van der Waals surface area contributed by atoms with Crippen molar-refractivity contribution >= 4 is 39.9 Å². The molecule has 2 aromatic rings. The number of amides is 2. The summed E-state index contributed by atoms with van der Waals surface area (Å²) in [6.07, 6.45) is 5.87. The van der Waals surface area contributed by atoms with Crippen molar-refractivity contribution < 1.29 is 26.4 Å². The maximum Gasteiger partial charge on any atom is 0.261 e. The minimum Gasteiger partial charge on any atom is -0.330 e. The van der Waals surface area contributed by atoms with Crippen LogP contribution in [0.5, 0.6) is 0 Å². The van der Waals surface area contributed by atoms with Crippen molar-refractivity contribution in [3.05, 3.63) is 72.4 Å². The Morgan fingerprint density at radius 2 is 1.37 bits per heavy atom. The first-order valence-electron chi connectivity index (χ1n) is 17.1. The highest BCUT2D eigenvalue weighted by molar-refractivity contribution is 7.89. The molecule has 0 atom stereocenters. The third-order valence-electron chi connectivity index (χ3n) is 8.43. The Balaban J connectivity index is 1.60. The number of rotatable bonds is 24. The number of pyridine rings is 1. The Hall–Kier alpha value is -2.79. The van der Waals surface area contributed by atoms with Crippen molar-refractivity contribution in [2.75, 3.05) is 64.7 Å². The maximum absolute atomic E-state index is 13.7. The number of nitrogens with zero attached hydrogens (tertiary/aromatic N) is 5. The van der Waals surface area contributed by atoms with Crippen molar-refractivity contribution in [2.24, 2.45) is 5.73 Å². The van der Waals surface area contributed by atoms with Gasteiger partial charge in [-0.05, 0) is 75.5 Å². The number of fused-ring (bicyclic) bond motifs is 1. The van der Waals surface area contributed by atoms with E-state index in [4.69, 9.17) is 5.73 Å². The molecule has 15 heteroatoms. The van der Waals surface area contributed by atoms with Crippen molar-refractivity contribution in [1.82, 2.24) is 23.4 Å². The van der Waals surface area contributed by atoms with Crippen molar-refractivity contribution in [2.45, 2.75) is 62.8 Å². The fraction of sp³-hybridized carbons (Fsp3) is 0.559. The molecule has 2 N–H and O–H groups in total. The average molecular weight is 735 g/mol. The quantitative estimate of drug-likeness (QED) is 0.0736. The van der Waals surface area contributed by atoms with E-state index in [9.17, 15) is 26.4 Å². The molecule has 0 saturated carbocycles. The Morgan fingerprint density at radius 3 is 1.94 bits per heavy atom. The summed E-state index contributed by atoms with van der Waals surface area (Å²) in [7, 11) is -8.89. The van der Waals surface area contributed by atoms with Crippen LogP contribution in [0.15, 0.2) is 66.3 Å². The van der Waals surface area contributed by atoms with Crippen LogP contribution in [-0.4, -0.2) is 125 Å². The second-order valence-corrected chi connectivity index (χ2v) is 23.1. The van der Waals surface area contributed by atoms with E-state index in [0.29, 0.717) is 88.5 Å². The van der Waals surface area contributed by atoms with Gasteiger partial charge in [0, 0.05) is 60.1 Å². The highest BCUT2D eigenvalue weighted by Crippen LogP contribution is 2.23. The Kier molecular flexibility index (Phi) is 15.7. The lowest BCUT2D eigenvalue weighted by Crippen LogP contribution is -2.38. The Bertz CT molecular complexity index is 1570. The number of carbonyl (C=O) groups is 2. The van der Waals surface area contributed by atoms with Crippen LogP contribution in [0.25, 0.3) is 0 Å². The summed E-state index contributed by atoms with van der Waals surface area (Å²) in [4.78, 5) is 33.0. The van der Waals surface area contributed by atoms with Gasteiger partial charge in [0.15, 0.2) is 5.03 Å². The monoisotopic (exact) mass is 734 g/mol. The normalized spacial score (nSPS) is 14.0. The van der Waals surface area contributed by atoms with Crippen LogP contribution >= 0.6 is 0 Å². The number of unbranched alkanes of at least 4 members (excludes halogenated alkanes) is 1. The lowest BCUT2D eigenvalue weighted by Gasteiger charge is -2.26. The minimum atomic E-state index is -3.89. The van der Waals surface area contributed by atoms with Gasteiger partial charge in [-0.15, -0.1) is 6.58 Å². The van der Waals surface area contributed by atoms with Crippen LogP contribution < -0.4 is 5.73 Å². The lowest BCUT2D eigenvalue weighted by molar-refractivity contribution is 0.0647. The molecule has 49 heavy (non-hydrogen) atoms. The van der Waals surface area contributed by atoms with Gasteiger partial charge in [-0.2, -0.15) is 4.31 Å². The van der Waals surface area contributed by atoms with Crippen LogP contribution in [0, 0.1) is 0 Å². The van der Waals surface area contributed by atoms with E-state index in [1.807, 2.05) is 0 Å². The Labute approximate surface area is 294 Å². The summed E-state index contributed by atoms with van der Waals surface area (Å²) in [5.41, 5.74) is 6.55. The molecule has 272 valence electrons. The molecule has 2 heterocycles. The molecule has 0 aliphatic carbocycles. The molecule has 1 aliphatic rings. The van der Waals surface area contributed by atoms with Gasteiger partial charge in [-0.25, -0.2) is 26.1 Å². The van der Waals surface area contributed by atoms with Gasteiger partial charge in [0.1, 0.15) is 0 Å². The summed E-state index contributed by atoms with van der Waals surface area (Å²) in [6, 6.07) is 12.3. The van der Waals surface area contributed by atoms with Crippen LogP contribution in [0.3, 0.4) is 0 Å². The second-order valence-electron chi connectivity index (χ2n) is 13.6. The van der Waals surface area contributed by atoms with Gasteiger partial charge < -0.3 is 5.73 Å². The molecular weight excluding hydrogens is 681 g/mol. The highest BCUT2D eigenvalue weighted by atomic mass is 32.2. The number of hydrogen-bond acceptors (Lipinski definition) is 9. The lowest BCUT2D eigenvalue weighted by atomic mass is 10.1. The smallest absolute Gasteiger partial charge is 0.261 e. The van der Waals surface area contributed by atoms with Gasteiger partial charge in [-0.3, -0.25) is 19.4 Å². The molecule has 0 radical (unpaired) electrons. The second kappa shape index (κ2) is 19.0. The molecular formula is C34H54N6O6S2Si. The van der Waals surface area contributed by atoms with E-state index in [-0.39, 0.29) is 42.2 Å². The zero-order valence-electron chi connectivity index (χ0n) is 29.3. The number of aromatic nitrogens is 1. The van der Waals surface area contributed by atoms with E-state index < -0.39 is 28.1 Å². The van der Waals surface area contributed by atoms with Crippen LogP contribution in [0.4, 0.5) is 0 Å². The first-order valence-corrected chi connectivity index (χ1v) is 23.8. The van der Waals surface area contributed by atoms with Crippen LogP contribution in [0.1, 0.15) is 52.8 Å². The zero-order chi connectivity index (χ0) is 36.1. The maximum atomic E-state index is 13.7. The topological polar surface area (TPSA) is 154 Å². The number of hydrogen-bond donors (Lipinski definition) is 1. The number of imide groups is 1. The summed E-state index contributed by atoms with van der Waals surface area (Å²) >= 11 is 0. The van der Waals surface area contributed by atoms with Crippen molar-refractivity contribution in [3.8, 4) is 0 Å². The number of carbonyl (C=O) groups excluding carboxylic acids is 2. The standard InChI is InChI=1S/C34H54N6O6S2Si/c1-5-20-37(22-14-27-40-33(41)30-15-6-7-16-31(30)34(40)42)21-13-26-39(48(45,46)32-17-8-9-19-36-32)24-11-10-23-38(25-12-18-35)47(43,44)28-29-49(2,3)4/h5-9,15-17,19H,1,10-14,18,20-29,35H2,2-4H3. The molecule has 0 fully saturated rings. The average Bonchev–Trinajstić information content (AvgIpc) is 3.31. The first kappa shape index (κ1) is 40.6. The van der Waals surface area contributed by atoms with E-state index in [1.54, 1.807) is 42.5 Å². The van der Waals surface area contributed by atoms with E-state index in [0.717, 1.165) is 0 Å². The third-order valence-corrected chi connectivity index (χ3v) is 14.2. The van der Waals surface area contributed by atoms with Crippen LogP contribution in [0.2, 0.25) is 25.7 Å². The molecule has 1 aromatic carbocycles. The van der Waals surface area contributed by atoms with Crippen LogP contribution in [-0.2, 0) is 20.0 Å². The third kappa shape index (κ3) is 12.2. The van der Waals surface area contributed by atoms with Gasteiger partial charge in [0.05, 0.1) is 16.9 Å². The molecule has 1 aliphatic heterocycles. The largest absolute Gasteiger partial charge is 0.330 e. The fourth-order valence-electron chi connectivity index (χ4n) is 5.62. The molecule has 3 rings (SSSR count). The number of sulfonamides is 2. The first-order chi connectivity index (χ1) is 23.2. The minimum absolute atomic E-state index is 0.0302. The predicted molar refractivity (Wildman–Crippen MR) is 197 cm³/mol. The van der Waals surface area contributed by atoms with E-state index in [2.05, 4.69) is 36.1 Å². The molecule has 12 nitrogen and oxygen atoms in total. The molecule has 1 aromatic heterocycles. The predicted octanol–water partition coefficient (Wildman–Crippen LogP) is 3.74. The summed E-state index contributed by atoms with van der Waals surface area (Å²) in [6.45, 7) is 13.9. The molecule has 0 bridgehead atoms. The number of nitrogens with two attached hydrogens (primary N) is 1. The van der Waals surface area contributed by atoms with Gasteiger partial charge >= 0.3 is 0 Å².